The highest BCUT2D eigenvalue weighted by Gasteiger charge is 2.34. The largest absolute Gasteiger partial charge is 0.338 e. The van der Waals surface area contributed by atoms with Crippen molar-refractivity contribution < 1.29 is 22.0 Å². The van der Waals surface area contributed by atoms with Crippen LogP contribution in [0.5, 0.6) is 0 Å². The van der Waals surface area contributed by atoms with Crippen LogP contribution in [0.3, 0.4) is 0 Å². The van der Waals surface area contributed by atoms with E-state index in [1.165, 1.54) is 4.90 Å². The highest BCUT2D eigenvalue weighted by Crippen LogP contribution is 2.37. The molecule has 1 aliphatic rings. The van der Waals surface area contributed by atoms with E-state index in [1.807, 2.05) is 48.2 Å². The van der Waals surface area contributed by atoms with Crippen molar-refractivity contribution in [2.24, 2.45) is 9.98 Å². The number of rotatable bonds is 6. The lowest BCUT2D eigenvalue weighted by Crippen LogP contribution is -2.50. The molecule has 4 aromatic carbocycles. The smallest absolute Gasteiger partial charge is 0.200 e. The van der Waals surface area contributed by atoms with E-state index < -0.39 is 40.5 Å². The lowest BCUT2D eigenvalue weighted by atomic mass is 9.93. The van der Waals surface area contributed by atoms with E-state index in [4.69, 9.17) is 16.6 Å². The molecule has 4 nitrogen and oxygen atoms in total. The minimum Gasteiger partial charge on any atom is -0.338 e. The number of amidine groups is 2. The zero-order valence-electron chi connectivity index (χ0n) is 27.8. The first kappa shape index (κ1) is 35.1. The van der Waals surface area contributed by atoms with Crippen molar-refractivity contribution in [3.63, 3.8) is 0 Å². The van der Waals surface area contributed by atoms with Gasteiger partial charge >= 0.3 is 0 Å². The lowest BCUT2D eigenvalue weighted by Gasteiger charge is -2.39. The third-order valence-electron chi connectivity index (χ3n) is 8.44. The molecule has 1 aliphatic heterocycles. The van der Waals surface area contributed by atoms with Crippen molar-refractivity contribution in [2.45, 2.75) is 59.8 Å². The van der Waals surface area contributed by atoms with E-state index >= 15 is 8.78 Å². The molecule has 0 amide bonds. The van der Waals surface area contributed by atoms with Gasteiger partial charge in [0.15, 0.2) is 23.3 Å². The molecule has 1 fully saturated rings. The molecule has 0 atom stereocenters. The summed E-state index contributed by atoms with van der Waals surface area (Å²) in [6.45, 7) is 12.7. The molecule has 0 saturated carbocycles. The summed E-state index contributed by atoms with van der Waals surface area (Å²) in [6, 6.07) is 19.1. The van der Waals surface area contributed by atoms with E-state index in [9.17, 15) is 13.2 Å². The maximum atomic E-state index is 15.5. The summed E-state index contributed by atoms with van der Waals surface area (Å²) in [5.74, 6) is -9.72. The third kappa shape index (κ3) is 6.97. The number of para-hydroxylation sites is 1. The number of halogens is 6. The topological polar surface area (TPSA) is 31.2 Å². The molecule has 0 unspecified atom stereocenters. The van der Waals surface area contributed by atoms with Gasteiger partial charge in [-0.1, -0.05) is 93.9 Å². The maximum absolute atomic E-state index is 15.5. The van der Waals surface area contributed by atoms with Crippen molar-refractivity contribution in [1.29, 1.82) is 0 Å². The van der Waals surface area contributed by atoms with E-state index in [1.54, 1.807) is 19.1 Å². The average molecular weight is 681 g/mol. The van der Waals surface area contributed by atoms with Gasteiger partial charge in [-0.05, 0) is 60.4 Å². The molecule has 0 aliphatic carbocycles. The van der Waals surface area contributed by atoms with Gasteiger partial charge < -0.3 is 9.80 Å². The molecule has 0 N–H and O–H groups in total. The molecule has 10 heteroatoms. The first-order chi connectivity index (χ1) is 22.8. The van der Waals surface area contributed by atoms with Gasteiger partial charge in [0.05, 0.1) is 28.6 Å². The summed E-state index contributed by atoms with van der Waals surface area (Å²) in [5.41, 5.74) is 4.23. The molecule has 1 heterocycles. The van der Waals surface area contributed by atoms with Crippen molar-refractivity contribution in [1.82, 2.24) is 9.80 Å². The highest BCUT2D eigenvalue weighted by molar-refractivity contribution is 6.33. The quantitative estimate of drug-likeness (QED) is 0.0667. The Kier molecular flexibility index (Phi) is 10.6. The van der Waals surface area contributed by atoms with Gasteiger partial charge in [-0.3, -0.25) is 0 Å². The summed E-state index contributed by atoms with van der Waals surface area (Å²) in [4.78, 5) is 13.3. The van der Waals surface area contributed by atoms with Crippen LogP contribution < -0.4 is 0 Å². The fourth-order valence-electron chi connectivity index (χ4n) is 6.04. The summed E-state index contributed by atoms with van der Waals surface area (Å²) in [6.07, 6.45) is 0.476. The molecule has 252 valence electrons. The van der Waals surface area contributed by atoms with Gasteiger partial charge in [0.2, 0.25) is 5.82 Å². The summed E-state index contributed by atoms with van der Waals surface area (Å²) in [7, 11) is 0. The van der Waals surface area contributed by atoms with Crippen LogP contribution in [0.15, 0.2) is 70.6 Å². The fourth-order valence-corrected chi connectivity index (χ4v) is 6.40. The minimum atomic E-state index is -2.24. The first-order valence-electron chi connectivity index (χ1n) is 15.9. The van der Waals surface area contributed by atoms with E-state index in [0.717, 1.165) is 27.9 Å². The van der Waals surface area contributed by atoms with Gasteiger partial charge in [0, 0.05) is 18.7 Å². The summed E-state index contributed by atoms with van der Waals surface area (Å²) in [5, 5.41) is 0.181. The molecule has 5 rings (SSSR count). The molecule has 0 bridgehead atoms. The van der Waals surface area contributed by atoms with Crippen LogP contribution in [-0.2, 0) is 0 Å². The number of hydrogen-bond acceptors (Lipinski definition) is 2. The van der Waals surface area contributed by atoms with Crippen molar-refractivity contribution in [3.8, 4) is 0 Å². The Morgan fingerprint density at radius 3 is 1.73 bits per heavy atom. The molecular formula is C38H38ClF5N4. The second kappa shape index (κ2) is 14.5. The number of aryl methyl sites for hydroxylation is 2. The molecule has 1 saturated heterocycles. The Morgan fingerprint density at radius 2 is 1.19 bits per heavy atom. The van der Waals surface area contributed by atoms with E-state index in [0.29, 0.717) is 24.4 Å². The van der Waals surface area contributed by atoms with Crippen LogP contribution in [-0.4, -0.2) is 41.2 Å². The van der Waals surface area contributed by atoms with Crippen LogP contribution in [0.25, 0.3) is 0 Å². The molecular weight excluding hydrogens is 643 g/mol. The second-order valence-corrected chi connectivity index (χ2v) is 13.1. The number of nitrogens with zero attached hydrogens (tertiary/aromatic N) is 4. The minimum absolute atomic E-state index is 0.00452. The standard InChI is InChI=1S/C38H38ClF5N4/c1-21(2)26-14-10-15-27(22(3)4)36(26)46-37(25-12-8-7-9-13-25)47-16-11-17-48(20-47)38(45-35-24(6)18-23(5)19-28(35)39)29-30(40)32(42)34(44)33(43)31(29)41/h7-10,12-15,18-19,21-22H,11,16-17,20H2,1-6H3. The Labute approximate surface area is 283 Å². The number of aliphatic imine (C=N–C) groups is 2. The third-order valence-corrected chi connectivity index (χ3v) is 8.73. The van der Waals surface area contributed by atoms with Crippen molar-refractivity contribution in [2.75, 3.05) is 19.8 Å². The van der Waals surface area contributed by atoms with Gasteiger partial charge in [0.25, 0.3) is 0 Å². The predicted molar refractivity (Wildman–Crippen MR) is 184 cm³/mol. The van der Waals surface area contributed by atoms with E-state index in [2.05, 4.69) is 44.8 Å². The first-order valence-corrected chi connectivity index (χ1v) is 16.3. The van der Waals surface area contributed by atoms with Crippen LogP contribution >= 0.6 is 11.6 Å². The number of hydrogen-bond donors (Lipinski definition) is 0. The van der Waals surface area contributed by atoms with Crippen LogP contribution in [0.4, 0.5) is 33.3 Å². The Hall–Kier alpha value is -4.24. The average Bonchev–Trinajstić information content (AvgIpc) is 3.06. The highest BCUT2D eigenvalue weighted by atomic mass is 35.5. The zero-order valence-corrected chi connectivity index (χ0v) is 28.6. The van der Waals surface area contributed by atoms with Gasteiger partial charge in [-0.25, -0.2) is 31.9 Å². The van der Waals surface area contributed by atoms with Gasteiger partial charge in [-0.15, -0.1) is 0 Å². The summed E-state index contributed by atoms with van der Waals surface area (Å²) >= 11 is 6.55. The molecule has 4 aromatic rings. The Bertz CT molecular complexity index is 1810. The SMILES string of the molecule is Cc1cc(C)c(N=C(c2c(F)c(F)c(F)c(F)c2F)N2CCCN(C(=Nc3c(C(C)C)cccc3C(C)C)c3ccccc3)C2)c(Cl)c1. The number of benzene rings is 4. The van der Waals surface area contributed by atoms with Crippen LogP contribution in [0.2, 0.25) is 5.02 Å². The van der Waals surface area contributed by atoms with Crippen LogP contribution in [0, 0.1) is 42.9 Å². The van der Waals surface area contributed by atoms with E-state index in [-0.39, 0.29) is 35.8 Å². The maximum Gasteiger partial charge on any atom is 0.200 e. The van der Waals surface area contributed by atoms with Crippen molar-refractivity contribution in [3.05, 3.63) is 128 Å². The fraction of sp³-hybridized carbons (Fsp3) is 0.316. The second-order valence-electron chi connectivity index (χ2n) is 12.7. The predicted octanol–water partition coefficient (Wildman–Crippen LogP) is 10.7. The normalized spacial score (nSPS) is 14.5. The Balaban J connectivity index is 1.72. The zero-order chi connectivity index (χ0) is 34.9. The molecule has 0 spiro atoms. The van der Waals surface area contributed by atoms with Gasteiger partial charge in [0.1, 0.15) is 11.7 Å². The van der Waals surface area contributed by atoms with Crippen molar-refractivity contribution >= 4 is 34.6 Å². The molecule has 48 heavy (non-hydrogen) atoms. The Morgan fingerprint density at radius 1 is 0.667 bits per heavy atom. The molecule has 0 radical (unpaired) electrons. The van der Waals surface area contributed by atoms with Gasteiger partial charge in [-0.2, -0.15) is 0 Å². The van der Waals surface area contributed by atoms with Crippen LogP contribution in [0.1, 0.15) is 79.3 Å². The summed E-state index contributed by atoms with van der Waals surface area (Å²) < 4.78 is 74.6. The lowest BCUT2D eigenvalue weighted by molar-refractivity contribution is 0.213. The monoisotopic (exact) mass is 680 g/mol. The molecule has 0 aromatic heterocycles.